The van der Waals surface area contributed by atoms with E-state index in [1.807, 2.05) is 25.9 Å². The molecule has 19 heavy (non-hydrogen) atoms. The summed E-state index contributed by atoms with van der Waals surface area (Å²) in [6, 6.07) is 6.32. The van der Waals surface area contributed by atoms with Crippen LogP contribution in [0.15, 0.2) is 24.3 Å². The number of esters is 1. The number of carbonyl (C=O) groups excluding carboxylic acids is 1. The Morgan fingerprint density at radius 1 is 1.26 bits per heavy atom. The number of halogens is 1. The van der Waals surface area contributed by atoms with Crippen LogP contribution in [0.2, 0.25) is 0 Å². The van der Waals surface area contributed by atoms with E-state index >= 15 is 0 Å². The van der Waals surface area contributed by atoms with Gasteiger partial charge < -0.3 is 4.74 Å². The summed E-state index contributed by atoms with van der Waals surface area (Å²) in [4.78, 5) is 13.8. The minimum Gasteiger partial charge on any atom is -0.466 e. The van der Waals surface area contributed by atoms with Gasteiger partial charge in [0.05, 0.1) is 18.6 Å². The molecule has 0 aliphatic heterocycles. The lowest BCUT2D eigenvalue weighted by Crippen LogP contribution is -2.43. The lowest BCUT2D eigenvalue weighted by atomic mass is 9.83. The fraction of sp³-hybridized carbons (Fsp3) is 0.533. The summed E-state index contributed by atoms with van der Waals surface area (Å²) < 4.78 is 18.1. The third kappa shape index (κ3) is 3.53. The number of carbonyl (C=O) groups is 1. The van der Waals surface area contributed by atoms with Crippen LogP contribution < -0.4 is 0 Å². The Morgan fingerprint density at radius 2 is 1.84 bits per heavy atom. The molecule has 0 aliphatic carbocycles. The molecule has 1 aromatic rings. The van der Waals surface area contributed by atoms with Crippen LogP contribution in [0.5, 0.6) is 0 Å². The normalized spacial score (nSPS) is 14.2. The van der Waals surface area contributed by atoms with Gasteiger partial charge in [0.15, 0.2) is 0 Å². The fourth-order valence-electron chi connectivity index (χ4n) is 2.37. The van der Waals surface area contributed by atoms with E-state index in [4.69, 9.17) is 4.74 Å². The lowest BCUT2D eigenvalue weighted by molar-refractivity contribution is -0.146. The number of hydrogen-bond donors (Lipinski definition) is 0. The maximum absolute atomic E-state index is 13.1. The van der Waals surface area contributed by atoms with Crippen molar-refractivity contribution in [3.05, 3.63) is 35.6 Å². The average molecular weight is 267 g/mol. The standard InChI is InChI=1S/C15H22FNO2/c1-5-15(17(3)4,11-14(18)19-6-2)12-7-9-13(16)10-8-12/h7-10H,5-6,11H2,1-4H3. The van der Waals surface area contributed by atoms with Crippen LogP contribution in [0.4, 0.5) is 4.39 Å². The van der Waals surface area contributed by atoms with E-state index in [0.29, 0.717) is 6.61 Å². The van der Waals surface area contributed by atoms with Crippen molar-refractivity contribution in [2.75, 3.05) is 20.7 Å². The number of hydrogen-bond acceptors (Lipinski definition) is 3. The molecular formula is C15H22FNO2. The molecule has 1 aromatic carbocycles. The monoisotopic (exact) mass is 267 g/mol. The van der Waals surface area contributed by atoms with Gasteiger partial charge in [-0.1, -0.05) is 19.1 Å². The molecule has 0 saturated carbocycles. The average Bonchev–Trinajstić information content (AvgIpc) is 2.37. The Hall–Kier alpha value is -1.42. The quantitative estimate of drug-likeness (QED) is 0.742. The van der Waals surface area contributed by atoms with Crippen molar-refractivity contribution in [2.24, 2.45) is 0 Å². The molecule has 0 bridgehead atoms. The summed E-state index contributed by atoms with van der Waals surface area (Å²) in [6.07, 6.45) is 1.00. The summed E-state index contributed by atoms with van der Waals surface area (Å²) in [5.74, 6) is -0.508. The summed E-state index contributed by atoms with van der Waals surface area (Å²) in [6.45, 7) is 4.18. The van der Waals surface area contributed by atoms with Crippen LogP contribution in [0.25, 0.3) is 0 Å². The Labute approximate surface area is 114 Å². The maximum atomic E-state index is 13.1. The van der Waals surface area contributed by atoms with Crippen molar-refractivity contribution < 1.29 is 13.9 Å². The highest BCUT2D eigenvalue weighted by atomic mass is 19.1. The molecule has 0 aliphatic rings. The topological polar surface area (TPSA) is 29.5 Å². The molecule has 1 unspecified atom stereocenters. The minimum absolute atomic E-state index is 0.234. The van der Waals surface area contributed by atoms with Crippen molar-refractivity contribution >= 4 is 5.97 Å². The molecule has 0 fully saturated rings. The predicted molar refractivity (Wildman–Crippen MR) is 73.3 cm³/mol. The molecule has 0 radical (unpaired) electrons. The SMILES string of the molecule is CCOC(=O)CC(CC)(c1ccc(F)cc1)N(C)C. The molecule has 0 heterocycles. The highest BCUT2D eigenvalue weighted by Crippen LogP contribution is 2.34. The molecule has 1 rings (SSSR count). The van der Waals surface area contributed by atoms with Crippen molar-refractivity contribution in [1.82, 2.24) is 4.90 Å². The van der Waals surface area contributed by atoms with E-state index in [2.05, 4.69) is 0 Å². The van der Waals surface area contributed by atoms with E-state index in [1.54, 1.807) is 19.1 Å². The lowest BCUT2D eigenvalue weighted by Gasteiger charge is -2.39. The Morgan fingerprint density at radius 3 is 2.26 bits per heavy atom. The van der Waals surface area contributed by atoms with E-state index in [1.165, 1.54) is 12.1 Å². The number of nitrogens with zero attached hydrogens (tertiary/aromatic N) is 1. The van der Waals surface area contributed by atoms with Crippen molar-refractivity contribution in [3.8, 4) is 0 Å². The van der Waals surface area contributed by atoms with Gasteiger partial charge in [-0.05, 0) is 45.1 Å². The summed E-state index contributed by atoms with van der Waals surface area (Å²) in [5.41, 5.74) is 0.467. The van der Waals surface area contributed by atoms with Crippen LogP contribution in [0.1, 0.15) is 32.3 Å². The molecule has 0 aromatic heterocycles. The van der Waals surface area contributed by atoms with Crippen LogP contribution >= 0.6 is 0 Å². The molecule has 0 N–H and O–H groups in total. The molecule has 0 amide bonds. The number of ether oxygens (including phenoxy) is 1. The fourth-order valence-corrected chi connectivity index (χ4v) is 2.37. The molecule has 1 atom stereocenters. The summed E-state index contributed by atoms with van der Waals surface area (Å²) in [5, 5.41) is 0. The predicted octanol–water partition coefficient (Wildman–Crippen LogP) is 2.95. The van der Waals surface area contributed by atoms with Gasteiger partial charge in [-0.15, -0.1) is 0 Å². The van der Waals surface area contributed by atoms with Gasteiger partial charge in [-0.3, -0.25) is 9.69 Å². The highest BCUT2D eigenvalue weighted by Gasteiger charge is 2.35. The second-order valence-corrected chi connectivity index (χ2v) is 4.77. The van der Waals surface area contributed by atoms with E-state index in [-0.39, 0.29) is 18.2 Å². The van der Waals surface area contributed by atoms with Gasteiger partial charge in [0.2, 0.25) is 0 Å². The van der Waals surface area contributed by atoms with Gasteiger partial charge in [-0.25, -0.2) is 4.39 Å². The van der Waals surface area contributed by atoms with Gasteiger partial charge >= 0.3 is 5.97 Å². The van der Waals surface area contributed by atoms with Gasteiger partial charge in [0.1, 0.15) is 5.82 Å². The van der Waals surface area contributed by atoms with E-state index < -0.39 is 5.54 Å². The Balaban J connectivity index is 3.11. The van der Waals surface area contributed by atoms with Crippen molar-refractivity contribution in [2.45, 2.75) is 32.2 Å². The Kier molecular flexibility index (Phi) is 5.48. The van der Waals surface area contributed by atoms with Gasteiger partial charge in [0.25, 0.3) is 0 Å². The Bertz CT molecular complexity index is 417. The zero-order chi connectivity index (χ0) is 14.5. The van der Waals surface area contributed by atoms with E-state index in [0.717, 1.165) is 12.0 Å². The zero-order valence-corrected chi connectivity index (χ0v) is 12.1. The van der Waals surface area contributed by atoms with Gasteiger partial charge in [0, 0.05) is 0 Å². The second-order valence-electron chi connectivity index (χ2n) is 4.77. The second kappa shape index (κ2) is 6.66. The number of benzene rings is 1. The largest absolute Gasteiger partial charge is 0.466 e. The molecule has 106 valence electrons. The van der Waals surface area contributed by atoms with Crippen molar-refractivity contribution in [1.29, 1.82) is 0 Å². The molecule has 0 saturated heterocycles. The third-order valence-electron chi connectivity index (χ3n) is 3.56. The van der Waals surface area contributed by atoms with Crippen LogP contribution in [0.3, 0.4) is 0 Å². The molecular weight excluding hydrogens is 245 g/mol. The first-order valence-electron chi connectivity index (χ1n) is 6.55. The molecule has 4 heteroatoms. The first-order valence-corrected chi connectivity index (χ1v) is 6.55. The minimum atomic E-state index is -0.458. The first-order chi connectivity index (χ1) is 8.96. The van der Waals surface area contributed by atoms with Crippen LogP contribution in [-0.2, 0) is 15.1 Å². The first kappa shape index (κ1) is 15.6. The zero-order valence-electron chi connectivity index (χ0n) is 12.1. The summed E-state index contributed by atoms with van der Waals surface area (Å²) in [7, 11) is 3.85. The van der Waals surface area contributed by atoms with Crippen molar-refractivity contribution in [3.63, 3.8) is 0 Å². The molecule has 0 spiro atoms. The van der Waals surface area contributed by atoms with Crippen LogP contribution in [-0.4, -0.2) is 31.6 Å². The number of rotatable bonds is 6. The van der Waals surface area contributed by atoms with E-state index in [9.17, 15) is 9.18 Å². The van der Waals surface area contributed by atoms with Gasteiger partial charge in [-0.2, -0.15) is 0 Å². The summed E-state index contributed by atoms with van der Waals surface area (Å²) >= 11 is 0. The van der Waals surface area contributed by atoms with Crippen LogP contribution in [0, 0.1) is 5.82 Å². The third-order valence-corrected chi connectivity index (χ3v) is 3.56. The maximum Gasteiger partial charge on any atom is 0.308 e. The smallest absolute Gasteiger partial charge is 0.308 e. The molecule has 3 nitrogen and oxygen atoms in total. The highest BCUT2D eigenvalue weighted by molar-refractivity contribution is 5.71.